The van der Waals surface area contributed by atoms with Crippen molar-refractivity contribution in [3.8, 4) is 11.5 Å². The van der Waals surface area contributed by atoms with Gasteiger partial charge in [0, 0.05) is 18.7 Å². The molecule has 9 heteroatoms. The second kappa shape index (κ2) is 11.8. The highest BCUT2D eigenvalue weighted by molar-refractivity contribution is 8.26. The molecule has 0 atom stereocenters. The minimum absolute atomic E-state index is 0.122. The average molecular weight is 489 g/mol. The van der Waals surface area contributed by atoms with E-state index in [1.807, 2.05) is 6.07 Å². The Hall–Kier alpha value is -2.91. The van der Waals surface area contributed by atoms with Crippen LogP contribution in [0.2, 0.25) is 0 Å². The summed E-state index contributed by atoms with van der Waals surface area (Å²) in [6.07, 6.45) is 4.27. The summed E-state index contributed by atoms with van der Waals surface area (Å²) in [6.45, 7) is 0.499. The molecule has 2 amide bonds. The van der Waals surface area contributed by atoms with Crippen molar-refractivity contribution in [3.63, 3.8) is 0 Å². The second-order valence-corrected chi connectivity index (χ2v) is 8.99. The SMILES string of the molecule is COc1ccc(C=C2SC(=S)N(CCCCCC(=O)Nc3cccc(F)c3)C2=O)cc1OC. The number of rotatable bonds is 10. The van der Waals surface area contributed by atoms with Crippen molar-refractivity contribution in [1.82, 2.24) is 4.90 Å². The zero-order valence-corrected chi connectivity index (χ0v) is 20.1. The maximum Gasteiger partial charge on any atom is 0.266 e. The summed E-state index contributed by atoms with van der Waals surface area (Å²) in [5.41, 5.74) is 1.26. The van der Waals surface area contributed by atoms with Crippen LogP contribution in [0.4, 0.5) is 10.1 Å². The van der Waals surface area contributed by atoms with Crippen LogP contribution in [0, 0.1) is 5.82 Å². The lowest BCUT2D eigenvalue weighted by Gasteiger charge is -2.14. The molecule has 1 saturated heterocycles. The van der Waals surface area contributed by atoms with E-state index < -0.39 is 5.82 Å². The largest absolute Gasteiger partial charge is 0.493 e. The van der Waals surface area contributed by atoms with E-state index in [0.29, 0.717) is 45.8 Å². The first-order valence-corrected chi connectivity index (χ1v) is 11.7. The van der Waals surface area contributed by atoms with E-state index in [1.165, 1.54) is 23.9 Å². The van der Waals surface area contributed by atoms with E-state index in [-0.39, 0.29) is 11.8 Å². The Morgan fingerprint density at radius 1 is 1.12 bits per heavy atom. The van der Waals surface area contributed by atoms with Crippen molar-refractivity contribution >= 4 is 51.9 Å². The Balaban J connectivity index is 1.46. The van der Waals surface area contributed by atoms with Crippen LogP contribution in [0.5, 0.6) is 11.5 Å². The zero-order valence-electron chi connectivity index (χ0n) is 18.4. The van der Waals surface area contributed by atoms with Gasteiger partial charge in [-0.15, -0.1) is 0 Å². The number of anilines is 1. The van der Waals surface area contributed by atoms with E-state index in [1.54, 1.807) is 49.5 Å². The highest BCUT2D eigenvalue weighted by atomic mass is 32.2. The molecule has 1 aliphatic heterocycles. The first-order valence-electron chi connectivity index (χ1n) is 10.4. The number of thioether (sulfide) groups is 1. The molecule has 1 heterocycles. The fourth-order valence-electron chi connectivity index (χ4n) is 3.31. The first-order chi connectivity index (χ1) is 15.9. The smallest absolute Gasteiger partial charge is 0.266 e. The summed E-state index contributed by atoms with van der Waals surface area (Å²) in [5.74, 6) is 0.527. The summed E-state index contributed by atoms with van der Waals surface area (Å²) in [4.78, 5) is 27.0. The van der Waals surface area contributed by atoms with Gasteiger partial charge >= 0.3 is 0 Å². The van der Waals surface area contributed by atoms with Crippen molar-refractivity contribution < 1.29 is 23.5 Å². The van der Waals surface area contributed by atoms with Crippen LogP contribution in [0.3, 0.4) is 0 Å². The molecule has 0 spiro atoms. The number of benzene rings is 2. The lowest BCUT2D eigenvalue weighted by Crippen LogP contribution is -2.29. The van der Waals surface area contributed by atoms with Gasteiger partial charge in [0.05, 0.1) is 19.1 Å². The topological polar surface area (TPSA) is 67.9 Å². The average Bonchev–Trinajstić information content (AvgIpc) is 3.05. The molecule has 2 aromatic carbocycles. The predicted octanol–water partition coefficient (Wildman–Crippen LogP) is 5.24. The fraction of sp³-hybridized carbons (Fsp3) is 0.292. The van der Waals surface area contributed by atoms with Gasteiger partial charge in [0.15, 0.2) is 11.5 Å². The molecule has 1 N–H and O–H groups in total. The molecule has 33 heavy (non-hydrogen) atoms. The van der Waals surface area contributed by atoms with E-state index in [0.717, 1.165) is 18.4 Å². The van der Waals surface area contributed by atoms with Crippen LogP contribution in [-0.4, -0.2) is 41.8 Å². The van der Waals surface area contributed by atoms with Gasteiger partial charge in [0.2, 0.25) is 5.91 Å². The number of ether oxygens (including phenoxy) is 2. The molecular weight excluding hydrogens is 463 g/mol. The molecule has 0 unspecified atom stereocenters. The molecule has 2 aromatic rings. The number of carbonyl (C=O) groups is 2. The molecular formula is C24H25FN2O4S2. The minimum atomic E-state index is -0.392. The Morgan fingerprint density at radius 2 is 1.91 bits per heavy atom. The number of thiocarbonyl (C=S) groups is 1. The molecule has 174 valence electrons. The second-order valence-electron chi connectivity index (χ2n) is 7.32. The molecule has 0 radical (unpaired) electrons. The highest BCUT2D eigenvalue weighted by Gasteiger charge is 2.31. The lowest BCUT2D eigenvalue weighted by molar-refractivity contribution is -0.122. The maximum absolute atomic E-state index is 13.2. The van der Waals surface area contributed by atoms with E-state index in [2.05, 4.69) is 5.32 Å². The highest BCUT2D eigenvalue weighted by Crippen LogP contribution is 2.34. The van der Waals surface area contributed by atoms with Gasteiger partial charge in [0.1, 0.15) is 10.1 Å². The monoisotopic (exact) mass is 488 g/mol. The molecule has 1 fully saturated rings. The number of nitrogens with zero attached hydrogens (tertiary/aromatic N) is 1. The Labute approximate surface area is 202 Å². The quantitative estimate of drug-likeness (QED) is 0.280. The number of amides is 2. The van der Waals surface area contributed by atoms with Gasteiger partial charge in [0.25, 0.3) is 5.91 Å². The fourth-order valence-corrected chi connectivity index (χ4v) is 4.62. The van der Waals surface area contributed by atoms with Crippen LogP contribution in [-0.2, 0) is 9.59 Å². The molecule has 0 aliphatic carbocycles. The van der Waals surface area contributed by atoms with Gasteiger partial charge in [-0.3, -0.25) is 14.5 Å². The Bertz CT molecular complexity index is 1070. The number of hydrogen-bond donors (Lipinski definition) is 1. The first kappa shape index (κ1) is 24.7. The number of hydrogen-bond acceptors (Lipinski definition) is 6. The predicted molar refractivity (Wildman–Crippen MR) is 133 cm³/mol. The number of halogens is 1. The van der Waals surface area contributed by atoms with E-state index in [9.17, 15) is 14.0 Å². The number of nitrogens with one attached hydrogen (secondary N) is 1. The van der Waals surface area contributed by atoms with Gasteiger partial charge in [-0.25, -0.2) is 4.39 Å². The molecule has 0 saturated carbocycles. The minimum Gasteiger partial charge on any atom is -0.493 e. The Kier molecular flexibility index (Phi) is 8.85. The third-order valence-corrected chi connectivity index (χ3v) is 6.35. The molecule has 1 aliphatic rings. The van der Waals surface area contributed by atoms with Crippen molar-refractivity contribution in [2.75, 3.05) is 26.1 Å². The van der Waals surface area contributed by atoms with Crippen molar-refractivity contribution in [2.45, 2.75) is 25.7 Å². The van der Waals surface area contributed by atoms with Gasteiger partial charge in [-0.1, -0.05) is 42.5 Å². The molecule has 0 aromatic heterocycles. The molecule has 0 bridgehead atoms. The standard InChI is InChI=1S/C24H25FN2O4S2/c1-30-19-11-10-16(13-20(19)31-2)14-21-23(29)27(24(32)33-21)12-5-3-4-9-22(28)26-18-8-6-7-17(25)15-18/h6-8,10-11,13-15H,3-5,9,12H2,1-2H3,(H,26,28). The molecule has 6 nitrogen and oxygen atoms in total. The normalized spacial score (nSPS) is 14.6. The van der Waals surface area contributed by atoms with Crippen LogP contribution < -0.4 is 14.8 Å². The summed E-state index contributed by atoms with van der Waals surface area (Å²) in [7, 11) is 3.13. The number of unbranched alkanes of at least 4 members (excludes halogenated alkanes) is 2. The van der Waals surface area contributed by atoms with Crippen molar-refractivity contribution in [1.29, 1.82) is 0 Å². The van der Waals surface area contributed by atoms with Crippen LogP contribution in [0.15, 0.2) is 47.4 Å². The van der Waals surface area contributed by atoms with Crippen LogP contribution in [0.25, 0.3) is 6.08 Å². The summed E-state index contributed by atoms with van der Waals surface area (Å²) in [5, 5.41) is 2.68. The van der Waals surface area contributed by atoms with Gasteiger partial charge < -0.3 is 14.8 Å². The summed E-state index contributed by atoms with van der Waals surface area (Å²) < 4.78 is 24.3. The van der Waals surface area contributed by atoms with Gasteiger partial charge in [-0.05, 0) is 54.8 Å². The van der Waals surface area contributed by atoms with Crippen LogP contribution in [0.1, 0.15) is 31.2 Å². The summed E-state index contributed by atoms with van der Waals surface area (Å²) in [6, 6.07) is 11.2. The number of carbonyl (C=O) groups excluding carboxylic acids is 2. The maximum atomic E-state index is 13.2. The summed E-state index contributed by atoms with van der Waals surface area (Å²) >= 11 is 6.66. The van der Waals surface area contributed by atoms with E-state index >= 15 is 0 Å². The van der Waals surface area contributed by atoms with Gasteiger partial charge in [-0.2, -0.15) is 0 Å². The van der Waals surface area contributed by atoms with Crippen LogP contribution >= 0.6 is 24.0 Å². The van der Waals surface area contributed by atoms with E-state index in [4.69, 9.17) is 21.7 Å². The number of methoxy groups -OCH3 is 2. The molecule has 3 rings (SSSR count). The zero-order chi connectivity index (χ0) is 23.8. The Morgan fingerprint density at radius 3 is 2.64 bits per heavy atom. The third kappa shape index (κ3) is 6.79. The third-order valence-electron chi connectivity index (χ3n) is 4.97. The van der Waals surface area contributed by atoms with Crippen molar-refractivity contribution in [2.24, 2.45) is 0 Å². The van der Waals surface area contributed by atoms with Crippen molar-refractivity contribution in [3.05, 3.63) is 58.8 Å². The lowest BCUT2D eigenvalue weighted by atomic mass is 10.1.